The Morgan fingerprint density at radius 1 is 1.22 bits per heavy atom. The van der Waals surface area contributed by atoms with Crippen LogP contribution >= 0.6 is 11.6 Å². The van der Waals surface area contributed by atoms with Crippen LogP contribution in [0.5, 0.6) is 5.75 Å². The summed E-state index contributed by atoms with van der Waals surface area (Å²) in [4.78, 5) is 4.31. The highest BCUT2D eigenvalue weighted by Crippen LogP contribution is 2.23. The number of aryl methyl sites for hydroxylation is 2. The Hall–Kier alpha value is -1.54. The van der Waals surface area contributed by atoms with Crippen LogP contribution in [0, 0.1) is 13.8 Å². The van der Waals surface area contributed by atoms with Crippen LogP contribution in [0.25, 0.3) is 0 Å². The van der Waals surface area contributed by atoms with Gasteiger partial charge in [-0.1, -0.05) is 23.8 Å². The smallest absolute Gasteiger partial charge is 0.130 e. The summed E-state index contributed by atoms with van der Waals surface area (Å²) in [5.74, 6) is 1.29. The van der Waals surface area contributed by atoms with Crippen molar-refractivity contribution in [2.45, 2.75) is 26.3 Å². The summed E-state index contributed by atoms with van der Waals surface area (Å²) in [5, 5.41) is 0. The molecule has 0 aliphatic carbocycles. The standard InChI is InChI=1S/C15H16ClNO/c1-11-5-6-15(13(8-11)9-16)18-10-14-12(2)4-3-7-17-14/h3-8H,9-10H2,1-2H3. The van der Waals surface area contributed by atoms with E-state index < -0.39 is 0 Å². The van der Waals surface area contributed by atoms with Crippen molar-refractivity contribution in [1.29, 1.82) is 0 Å². The first-order chi connectivity index (χ1) is 8.70. The molecule has 0 spiro atoms. The Morgan fingerprint density at radius 2 is 2.06 bits per heavy atom. The SMILES string of the molecule is Cc1ccc(OCc2ncccc2C)c(CCl)c1. The molecule has 0 amide bonds. The fraction of sp³-hybridized carbons (Fsp3) is 0.267. The van der Waals surface area contributed by atoms with Crippen molar-refractivity contribution in [1.82, 2.24) is 4.98 Å². The summed E-state index contributed by atoms with van der Waals surface area (Å²) in [7, 11) is 0. The van der Waals surface area contributed by atoms with E-state index in [-0.39, 0.29) is 0 Å². The molecule has 2 rings (SSSR count). The summed E-state index contributed by atoms with van der Waals surface area (Å²) >= 11 is 5.92. The number of hydrogen-bond donors (Lipinski definition) is 0. The van der Waals surface area contributed by atoms with Crippen LogP contribution in [0.3, 0.4) is 0 Å². The van der Waals surface area contributed by atoms with Crippen LogP contribution in [0.2, 0.25) is 0 Å². The molecule has 1 aromatic heterocycles. The van der Waals surface area contributed by atoms with Crippen LogP contribution in [-0.2, 0) is 12.5 Å². The van der Waals surface area contributed by atoms with Gasteiger partial charge >= 0.3 is 0 Å². The van der Waals surface area contributed by atoms with Gasteiger partial charge in [0, 0.05) is 11.8 Å². The van der Waals surface area contributed by atoms with Crippen molar-refractivity contribution < 1.29 is 4.74 Å². The maximum Gasteiger partial charge on any atom is 0.130 e. The van der Waals surface area contributed by atoms with Crippen LogP contribution in [-0.4, -0.2) is 4.98 Å². The fourth-order valence-electron chi connectivity index (χ4n) is 1.77. The van der Waals surface area contributed by atoms with Crippen molar-refractivity contribution in [2.75, 3.05) is 0 Å². The normalized spacial score (nSPS) is 10.4. The summed E-state index contributed by atoms with van der Waals surface area (Å²) in [6.07, 6.45) is 1.78. The van der Waals surface area contributed by atoms with Gasteiger partial charge in [-0.2, -0.15) is 0 Å². The lowest BCUT2D eigenvalue weighted by atomic mass is 10.1. The van der Waals surface area contributed by atoms with Crippen molar-refractivity contribution in [2.24, 2.45) is 0 Å². The number of benzene rings is 1. The summed E-state index contributed by atoms with van der Waals surface area (Å²) in [5.41, 5.74) is 4.30. The zero-order valence-corrected chi connectivity index (χ0v) is 11.4. The molecule has 1 aromatic carbocycles. The number of rotatable bonds is 4. The Labute approximate surface area is 113 Å². The number of ether oxygens (including phenoxy) is 1. The highest BCUT2D eigenvalue weighted by molar-refractivity contribution is 6.17. The molecule has 2 nitrogen and oxygen atoms in total. The Balaban J connectivity index is 2.13. The number of nitrogens with zero attached hydrogens (tertiary/aromatic N) is 1. The average Bonchev–Trinajstić information content (AvgIpc) is 2.39. The summed E-state index contributed by atoms with van der Waals surface area (Å²) in [6, 6.07) is 9.99. The molecule has 3 heteroatoms. The molecular formula is C15H16ClNO. The van der Waals surface area contributed by atoms with Gasteiger partial charge in [0.05, 0.1) is 11.6 Å². The second kappa shape index (κ2) is 5.87. The number of aromatic nitrogens is 1. The second-order valence-corrected chi connectivity index (χ2v) is 4.57. The molecule has 0 aliphatic rings. The quantitative estimate of drug-likeness (QED) is 0.776. The van der Waals surface area contributed by atoms with Crippen LogP contribution < -0.4 is 4.74 Å². The molecule has 0 bridgehead atoms. The third kappa shape index (κ3) is 3.02. The van der Waals surface area contributed by atoms with Crippen molar-refractivity contribution in [3.05, 3.63) is 58.9 Å². The van der Waals surface area contributed by atoms with E-state index in [2.05, 4.69) is 4.98 Å². The van der Waals surface area contributed by atoms with Gasteiger partial charge < -0.3 is 4.74 Å². The van der Waals surface area contributed by atoms with Gasteiger partial charge in [0.15, 0.2) is 0 Å². The number of hydrogen-bond acceptors (Lipinski definition) is 2. The van der Waals surface area contributed by atoms with E-state index in [9.17, 15) is 0 Å². The maximum atomic E-state index is 5.92. The first-order valence-corrected chi connectivity index (χ1v) is 6.43. The van der Waals surface area contributed by atoms with Gasteiger partial charge in [-0.3, -0.25) is 4.98 Å². The van der Waals surface area contributed by atoms with Crippen molar-refractivity contribution >= 4 is 11.6 Å². The summed E-state index contributed by atoms with van der Waals surface area (Å²) in [6.45, 7) is 4.55. The Morgan fingerprint density at radius 3 is 2.78 bits per heavy atom. The zero-order chi connectivity index (χ0) is 13.0. The molecule has 1 heterocycles. The number of halogens is 1. The van der Waals surface area contributed by atoms with Crippen LogP contribution in [0.4, 0.5) is 0 Å². The molecule has 2 aromatic rings. The van der Waals surface area contributed by atoms with E-state index in [1.54, 1.807) is 6.20 Å². The first-order valence-electron chi connectivity index (χ1n) is 5.89. The third-order valence-corrected chi connectivity index (χ3v) is 3.13. The van der Waals surface area contributed by atoms with Gasteiger partial charge in [0.1, 0.15) is 12.4 Å². The molecule has 0 unspecified atom stereocenters. The average molecular weight is 262 g/mol. The van der Waals surface area contributed by atoms with Gasteiger partial charge in [-0.15, -0.1) is 11.6 Å². The minimum absolute atomic E-state index is 0.457. The molecule has 0 atom stereocenters. The van der Waals surface area contributed by atoms with Gasteiger partial charge in [-0.05, 0) is 31.5 Å². The van der Waals surface area contributed by atoms with E-state index in [0.29, 0.717) is 12.5 Å². The predicted molar refractivity (Wildman–Crippen MR) is 74.0 cm³/mol. The van der Waals surface area contributed by atoms with Gasteiger partial charge in [0.25, 0.3) is 0 Å². The molecule has 0 N–H and O–H groups in total. The lowest BCUT2D eigenvalue weighted by Gasteiger charge is -2.11. The Bertz CT molecular complexity index is 540. The molecule has 18 heavy (non-hydrogen) atoms. The fourth-order valence-corrected chi connectivity index (χ4v) is 1.98. The molecular weight excluding hydrogens is 246 g/mol. The van der Waals surface area contributed by atoms with Crippen LogP contribution in [0.15, 0.2) is 36.5 Å². The highest BCUT2D eigenvalue weighted by atomic mass is 35.5. The second-order valence-electron chi connectivity index (χ2n) is 4.30. The lowest BCUT2D eigenvalue weighted by molar-refractivity contribution is 0.298. The maximum absolute atomic E-state index is 5.92. The largest absolute Gasteiger partial charge is 0.487 e. The summed E-state index contributed by atoms with van der Waals surface area (Å²) < 4.78 is 5.80. The van der Waals surface area contributed by atoms with E-state index in [4.69, 9.17) is 16.3 Å². The van der Waals surface area contributed by atoms with Crippen LogP contribution in [0.1, 0.15) is 22.4 Å². The number of pyridine rings is 1. The Kier molecular flexibility index (Phi) is 4.21. The zero-order valence-electron chi connectivity index (χ0n) is 10.6. The highest BCUT2D eigenvalue weighted by Gasteiger charge is 2.05. The number of alkyl halides is 1. The molecule has 0 aliphatic heterocycles. The monoisotopic (exact) mass is 261 g/mol. The van der Waals surface area contributed by atoms with E-state index >= 15 is 0 Å². The first kappa shape index (κ1) is 12.9. The molecule has 0 radical (unpaired) electrons. The molecule has 94 valence electrons. The minimum atomic E-state index is 0.457. The van der Waals surface area contributed by atoms with E-state index in [1.165, 1.54) is 5.56 Å². The molecule has 0 saturated carbocycles. The van der Waals surface area contributed by atoms with Gasteiger partial charge in [0.2, 0.25) is 0 Å². The third-order valence-electron chi connectivity index (χ3n) is 2.84. The topological polar surface area (TPSA) is 22.1 Å². The van der Waals surface area contributed by atoms with E-state index in [1.807, 2.05) is 44.2 Å². The molecule has 0 saturated heterocycles. The van der Waals surface area contributed by atoms with Gasteiger partial charge in [-0.25, -0.2) is 0 Å². The molecule has 0 fully saturated rings. The predicted octanol–water partition coefficient (Wildman–Crippen LogP) is 4.02. The van der Waals surface area contributed by atoms with Crippen molar-refractivity contribution in [3.63, 3.8) is 0 Å². The van der Waals surface area contributed by atoms with E-state index in [0.717, 1.165) is 22.6 Å². The lowest BCUT2D eigenvalue weighted by Crippen LogP contribution is -2.02. The minimum Gasteiger partial charge on any atom is -0.487 e. The van der Waals surface area contributed by atoms with Crippen molar-refractivity contribution in [3.8, 4) is 5.75 Å².